The molecule has 0 bridgehead atoms. The van der Waals surface area contributed by atoms with Crippen LogP contribution in [0.15, 0.2) is 60.7 Å². The van der Waals surface area contributed by atoms with Gasteiger partial charge in [-0.3, -0.25) is 0 Å². The molecular weight excluding hydrogens is 296 g/mol. The Morgan fingerprint density at radius 2 is 0.913 bits per heavy atom. The molecule has 0 aliphatic carbocycles. The molecule has 5 heteroatoms. The fraction of sp³-hybridized carbons (Fsp3) is 0.222. The first-order valence-corrected chi connectivity index (χ1v) is 6.90. The first-order chi connectivity index (χ1) is 10.6. The number of benzene rings is 2. The number of hydrogen-bond donors (Lipinski definition) is 3. The van der Waals surface area contributed by atoms with Crippen LogP contribution in [0.4, 0.5) is 0 Å². The van der Waals surface area contributed by atoms with Crippen molar-refractivity contribution in [2.24, 2.45) is 0 Å². The summed E-state index contributed by atoms with van der Waals surface area (Å²) in [4.78, 5) is 20.4. The van der Waals surface area contributed by atoms with Crippen LogP contribution in [0.25, 0.3) is 0 Å². The molecule has 2 rings (SSSR count). The second-order valence-electron chi connectivity index (χ2n) is 5.51. The largest absolute Gasteiger partial charge is 0.478 e. The summed E-state index contributed by atoms with van der Waals surface area (Å²) in [5, 5.41) is 25.3. The van der Waals surface area contributed by atoms with Gasteiger partial charge in [-0.1, -0.05) is 36.4 Å². The van der Waals surface area contributed by atoms with E-state index >= 15 is 0 Å². The van der Waals surface area contributed by atoms with Gasteiger partial charge in [0.15, 0.2) is 0 Å². The van der Waals surface area contributed by atoms with Crippen LogP contribution >= 0.6 is 0 Å². The number of carboxylic acid groups (broad SMARTS) is 2. The molecule has 2 aromatic rings. The van der Waals surface area contributed by atoms with E-state index in [1.165, 1.54) is 0 Å². The van der Waals surface area contributed by atoms with Crippen molar-refractivity contribution in [3.63, 3.8) is 0 Å². The molecule has 0 heterocycles. The third-order valence-corrected chi connectivity index (χ3v) is 2.04. The fourth-order valence-corrected chi connectivity index (χ4v) is 1.16. The van der Waals surface area contributed by atoms with Gasteiger partial charge >= 0.3 is 11.9 Å². The number of carbonyl (C=O) groups is 2. The highest BCUT2D eigenvalue weighted by atomic mass is 16.4. The van der Waals surface area contributed by atoms with Gasteiger partial charge in [-0.25, -0.2) is 9.59 Å². The van der Waals surface area contributed by atoms with Gasteiger partial charge in [0.2, 0.25) is 0 Å². The Kier molecular flexibility index (Phi) is 8.96. The Balaban J connectivity index is 0.000000332. The van der Waals surface area contributed by atoms with Crippen LogP contribution in [-0.2, 0) is 0 Å². The number of hydrogen-bond acceptors (Lipinski definition) is 3. The molecule has 0 amide bonds. The van der Waals surface area contributed by atoms with E-state index in [0.29, 0.717) is 11.1 Å². The van der Waals surface area contributed by atoms with Crippen LogP contribution in [0, 0.1) is 0 Å². The van der Waals surface area contributed by atoms with Gasteiger partial charge in [-0.05, 0) is 45.0 Å². The summed E-state index contributed by atoms with van der Waals surface area (Å²) in [5.41, 5.74) is 0.162. The maximum atomic E-state index is 10.2. The lowest BCUT2D eigenvalue weighted by atomic mass is 10.2. The van der Waals surface area contributed by atoms with Crippen molar-refractivity contribution in [3.05, 3.63) is 71.8 Å². The molecule has 0 saturated heterocycles. The zero-order valence-electron chi connectivity index (χ0n) is 13.4. The molecule has 0 atom stereocenters. The highest BCUT2D eigenvalue weighted by Crippen LogP contribution is 1.97. The van der Waals surface area contributed by atoms with E-state index in [4.69, 9.17) is 15.3 Å². The van der Waals surface area contributed by atoms with Crippen molar-refractivity contribution in [1.82, 2.24) is 0 Å². The summed E-state index contributed by atoms with van der Waals surface area (Å²) in [5.74, 6) is -1.76. The Morgan fingerprint density at radius 1 is 0.696 bits per heavy atom. The second-order valence-corrected chi connectivity index (χ2v) is 5.51. The molecule has 5 nitrogen and oxygen atoms in total. The lowest BCUT2D eigenvalue weighted by molar-refractivity contribution is 0.0686. The third-order valence-electron chi connectivity index (χ3n) is 2.04. The number of rotatable bonds is 2. The molecule has 0 aromatic heterocycles. The molecule has 3 N–H and O–H groups in total. The summed E-state index contributed by atoms with van der Waals surface area (Å²) in [6.07, 6.45) is 0. The van der Waals surface area contributed by atoms with Gasteiger partial charge in [-0.2, -0.15) is 0 Å². The first-order valence-electron chi connectivity index (χ1n) is 6.90. The number of aliphatic hydroxyl groups is 1. The fourth-order valence-electron chi connectivity index (χ4n) is 1.16. The predicted molar refractivity (Wildman–Crippen MR) is 88.8 cm³/mol. The smallest absolute Gasteiger partial charge is 0.335 e. The van der Waals surface area contributed by atoms with Gasteiger partial charge in [0.1, 0.15) is 0 Å². The highest BCUT2D eigenvalue weighted by molar-refractivity contribution is 5.87. The van der Waals surface area contributed by atoms with Gasteiger partial charge in [0, 0.05) is 0 Å². The van der Waals surface area contributed by atoms with Gasteiger partial charge in [0.25, 0.3) is 0 Å². The van der Waals surface area contributed by atoms with E-state index in [9.17, 15) is 9.59 Å². The van der Waals surface area contributed by atoms with Gasteiger partial charge in [-0.15, -0.1) is 0 Å². The summed E-state index contributed by atoms with van der Waals surface area (Å²) in [6, 6.07) is 16.6. The van der Waals surface area contributed by atoms with Crippen molar-refractivity contribution in [3.8, 4) is 0 Å². The number of carboxylic acids is 2. The van der Waals surface area contributed by atoms with Gasteiger partial charge in [0.05, 0.1) is 16.7 Å². The maximum absolute atomic E-state index is 10.2. The third kappa shape index (κ3) is 12.8. The lowest BCUT2D eigenvalue weighted by Gasteiger charge is -2.04. The minimum absolute atomic E-state index is 0.331. The predicted octanol–water partition coefficient (Wildman–Crippen LogP) is 3.55. The van der Waals surface area contributed by atoms with Crippen molar-refractivity contribution >= 4 is 11.9 Å². The van der Waals surface area contributed by atoms with E-state index in [0.717, 1.165) is 0 Å². The topological polar surface area (TPSA) is 94.8 Å². The first kappa shape index (κ1) is 20.3. The molecule has 0 aliphatic rings. The van der Waals surface area contributed by atoms with Crippen LogP contribution in [0.5, 0.6) is 0 Å². The van der Waals surface area contributed by atoms with Crippen LogP contribution in [-0.4, -0.2) is 32.9 Å². The van der Waals surface area contributed by atoms with E-state index in [2.05, 4.69) is 0 Å². The summed E-state index contributed by atoms with van der Waals surface area (Å²) < 4.78 is 0. The average Bonchev–Trinajstić information content (AvgIpc) is 2.48. The normalized spacial score (nSPS) is 9.57. The molecular formula is C18H22O5. The summed E-state index contributed by atoms with van der Waals surface area (Å²) in [6.45, 7) is 5.23. The Labute approximate surface area is 135 Å². The molecule has 0 unspecified atom stereocenters. The quantitative estimate of drug-likeness (QED) is 0.787. The zero-order chi connectivity index (χ0) is 17.9. The van der Waals surface area contributed by atoms with E-state index < -0.39 is 17.5 Å². The van der Waals surface area contributed by atoms with Crippen LogP contribution in [0.3, 0.4) is 0 Å². The van der Waals surface area contributed by atoms with E-state index in [-0.39, 0.29) is 0 Å². The summed E-state index contributed by atoms with van der Waals surface area (Å²) in [7, 11) is 0. The minimum Gasteiger partial charge on any atom is -0.478 e. The van der Waals surface area contributed by atoms with Crippen molar-refractivity contribution in [2.45, 2.75) is 26.4 Å². The zero-order valence-corrected chi connectivity index (χ0v) is 13.4. The minimum atomic E-state index is -0.879. The number of aromatic carboxylic acids is 2. The maximum Gasteiger partial charge on any atom is 0.335 e. The molecule has 23 heavy (non-hydrogen) atoms. The SMILES string of the molecule is CC(C)(C)O.O=C(O)c1ccccc1.O=C(O)c1ccccc1. The highest BCUT2D eigenvalue weighted by Gasteiger charge is 1.98. The van der Waals surface area contributed by atoms with Crippen LogP contribution in [0.1, 0.15) is 41.5 Å². The Hall–Kier alpha value is -2.66. The molecule has 0 spiro atoms. The van der Waals surface area contributed by atoms with Crippen LogP contribution < -0.4 is 0 Å². The molecule has 0 fully saturated rings. The monoisotopic (exact) mass is 318 g/mol. The van der Waals surface area contributed by atoms with Crippen LogP contribution in [0.2, 0.25) is 0 Å². The Morgan fingerprint density at radius 3 is 1.04 bits per heavy atom. The molecule has 0 radical (unpaired) electrons. The standard InChI is InChI=1S/2C7H6O2.C4H10O/c2*8-7(9)6-4-2-1-3-5-6;1-4(2,3)5/h2*1-5H,(H,8,9);5H,1-3H3. The second kappa shape index (κ2) is 10.1. The molecule has 2 aromatic carbocycles. The van der Waals surface area contributed by atoms with Crippen molar-refractivity contribution in [1.29, 1.82) is 0 Å². The molecule has 0 saturated carbocycles. The van der Waals surface area contributed by atoms with Crippen molar-refractivity contribution in [2.75, 3.05) is 0 Å². The molecule has 0 aliphatic heterocycles. The van der Waals surface area contributed by atoms with E-state index in [1.807, 2.05) is 0 Å². The molecule has 124 valence electrons. The van der Waals surface area contributed by atoms with Gasteiger partial charge < -0.3 is 15.3 Å². The van der Waals surface area contributed by atoms with E-state index in [1.54, 1.807) is 81.4 Å². The van der Waals surface area contributed by atoms with Crippen molar-refractivity contribution < 1.29 is 24.9 Å². The lowest BCUT2D eigenvalue weighted by Crippen LogP contribution is -2.10. The Bertz CT molecular complexity index is 530. The average molecular weight is 318 g/mol. The summed E-state index contributed by atoms with van der Waals surface area (Å²) >= 11 is 0.